The van der Waals surface area contributed by atoms with Crippen molar-refractivity contribution in [2.75, 3.05) is 18.4 Å². The highest BCUT2D eigenvalue weighted by atomic mass is 32.2. The molecule has 2 aromatic carbocycles. The Bertz CT molecular complexity index is 890. The van der Waals surface area contributed by atoms with Crippen LogP contribution in [0.4, 0.5) is 5.69 Å². The Kier molecular flexibility index (Phi) is 6.35. The van der Waals surface area contributed by atoms with E-state index in [2.05, 4.69) is 9.46 Å². The fourth-order valence-corrected chi connectivity index (χ4v) is 3.40. The van der Waals surface area contributed by atoms with Gasteiger partial charge in [0, 0.05) is 5.69 Å². The number of carbonyl (C=O) groups excluding carboxylic acids is 2. The molecule has 0 bridgehead atoms. The Hall–Kier alpha value is -2.87. The Morgan fingerprint density at radius 2 is 1.69 bits per heavy atom. The van der Waals surface area contributed by atoms with Crippen molar-refractivity contribution >= 4 is 27.6 Å². The molecule has 0 saturated heterocycles. The molecule has 2 rings (SSSR count). The van der Waals surface area contributed by atoms with Gasteiger partial charge in [0.25, 0.3) is 0 Å². The summed E-state index contributed by atoms with van der Waals surface area (Å²) in [5.41, 5.74) is 1.37. The quantitative estimate of drug-likeness (QED) is 0.745. The van der Waals surface area contributed by atoms with E-state index in [0.29, 0.717) is 11.1 Å². The van der Waals surface area contributed by atoms with E-state index in [9.17, 15) is 18.0 Å². The van der Waals surface area contributed by atoms with Crippen molar-refractivity contribution in [1.29, 1.82) is 0 Å². The maximum absolute atomic E-state index is 12.3. The van der Waals surface area contributed by atoms with Crippen molar-refractivity contribution in [1.82, 2.24) is 0 Å². The molecule has 0 saturated carbocycles. The van der Waals surface area contributed by atoms with Gasteiger partial charge in [-0.3, -0.25) is 4.72 Å². The number of methoxy groups -OCH3 is 1. The van der Waals surface area contributed by atoms with Gasteiger partial charge < -0.3 is 9.47 Å². The summed E-state index contributed by atoms with van der Waals surface area (Å²) in [6, 6.07) is 12.1. The summed E-state index contributed by atoms with van der Waals surface area (Å²) < 4.78 is 36.6. The molecule has 0 heterocycles. The van der Waals surface area contributed by atoms with Crippen LogP contribution in [0.25, 0.3) is 0 Å². The fraction of sp³-hybridized carbons (Fsp3) is 0.222. The molecule has 0 aliphatic heterocycles. The number of carbonyl (C=O) groups is 2. The van der Waals surface area contributed by atoms with Crippen LogP contribution >= 0.6 is 0 Å². The molecule has 26 heavy (non-hydrogen) atoms. The second-order valence-corrected chi connectivity index (χ2v) is 7.07. The van der Waals surface area contributed by atoms with Crippen molar-refractivity contribution in [2.45, 2.75) is 12.7 Å². The molecule has 0 unspecified atom stereocenters. The van der Waals surface area contributed by atoms with Gasteiger partial charge in [0.15, 0.2) is 0 Å². The molecule has 138 valence electrons. The average Bonchev–Trinajstić information content (AvgIpc) is 2.61. The van der Waals surface area contributed by atoms with Gasteiger partial charge in [-0.25, -0.2) is 18.0 Å². The van der Waals surface area contributed by atoms with Crippen molar-refractivity contribution in [3.63, 3.8) is 0 Å². The Morgan fingerprint density at radius 3 is 2.31 bits per heavy atom. The molecule has 0 amide bonds. The number of esters is 2. The van der Waals surface area contributed by atoms with Crippen LogP contribution in [0.3, 0.4) is 0 Å². The van der Waals surface area contributed by atoms with Gasteiger partial charge in [0.2, 0.25) is 10.0 Å². The standard InChI is InChI=1S/C18H19NO6S/c1-3-25-18(21)15-5-4-6-16(11-15)19-26(22,23)12-13-7-9-14(10-8-13)17(20)24-2/h4-11,19H,3,12H2,1-2H3. The third kappa shape index (κ3) is 5.32. The largest absolute Gasteiger partial charge is 0.465 e. The van der Waals surface area contributed by atoms with Gasteiger partial charge in [0.1, 0.15) is 0 Å². The maximum Gasteiger partial charge on any atom is 0.338 e. The zero-order valence-electron chi connectivity index (χ0n) is 14.4. The summed E-state index contributed by atoms with van der Waals surface area (Å²) in [6.07, 6.45) is 0. The SMILES string of the molecule is CCOC(=O)c1cccc(NS(=O)(=O)Cc2ccc(C(=O)OC)cc2)c1. The second kappa shape index (κ2) is 8.48. The molecular weight excluding hydrogens is 358 g/mol. The van der Waals surface area contributed by atoms with Crippen molar-refractivity contribution in [3.8, 4) is 0 Å². The number of anilines is 1. The van der Waals surface area contributed by atoms with Gasteiger partial charge in [-0.05, 0) is 42.8 Å². The average molecular weight is 377 g/mol. The fourth-order valence-electron chi connectivity index (χ4n) is 2.21. The molecule has 0 spiro atoms. The highest BCUT2D eigenvalue weighted by Gasteiger charge is 2.14. The van der Waals surface area contributed by atoms with Gasteiger partial charge in [-0.1, -0.05) is 18.2 Å². The van der Waals surface area contributed by atoms with Crippen LogP contribution in [-0.2, 0) is 25.2 Å². The molecule has 0 fully saturated rings. The first-order valence-electron chi connectivity index (χ1n) is 7.79. The van der Waals surface area contributed by atoms with E-state index in [4.69, 9.17) is 4.74 Å². The van der Waals surface area contributed by atoms with E-state index in [1.165, 1.54) is 25.3 Å². The number of sulfonamides is 1. The Morgan fingerprint density at radius 1 is 1.00 bits per heavy atom. The highest BCUT2D eigenvalue weighted by molar-refractivity contribution is 7.91. The third-order valence-electron chi connectivity index (χ3n) is 3.38. The Balaban J connectivity index is 2.10. The lowest BCUT2D eigenvalue weighted by molar-refractivity contribution is 0.0525. The predicted molar refractivity (Wildman–Crippen MR) is 96.4 cm³/mol. The molecular formula is C18H19NO6S. The topological polar surface area (TPSA) is 98.8 Å². The first kappa shape index (κ1) is 19.5. The van der Waals surface area contributed by atoms with E-state index in [-0.39, 0.29) is 23.6 Å². The van der Waals surface area contributed by atoms with Crippen LogP contribution < -0.4 is 4.72 Å². The first-order chi connectivity index (χ1) is 12.3. The molecule has 2 aromatic rings. The zero-order valence-corrected chi connectivity index (χ0v) is 15.2. The molecule has 0 radical (unpaired) electrons. The number of ether oxygens (including phenoxy) is 2. The highest BCUT2D eigenvalue weighted by Crippen LogP contribution is 2.16. The molecule has 0 aliphatic rings. The number of rotatable bonds is 7. The lowest BCUT2D eigenvalue weighted by atomic mass is 10.1. The van der Waals surface area contributed by atoms with Crippen molar-refractivity contribution in [3.05, 3.63) is 65.2 Å². The molecule has 0 aromatic heterocycles. The number of hydrogen-bond acceptors (Lipinski definition) is 6. The minimum absolute atomic E-state index is 0.232. The summed E-state index contributed by atoms with van der Waals surface area (Å²) in [5.74, 6) is -1.29. The first-order valence-corrected chi connectivity index (χ1v) is 9.45. The zero-order chi connectivity index (χ0) is 19.2. The molecule has 8 heteroatoms. The van der Waals surface area contributed by atoms with E-state index in [1.807, 2.05) is 0 Å². The Labute approximate surface area is 152 Å². The summed E-state index contributed by atoms with van der Waals surface area (Å²) in [7, 11) is -2.43. The lowest BCUT2D eigenvalue weighted by Gasteiger charge is -2.10. The summed E-state index contributed by atoms with van der Waals surface area (Å²) in [5, 5.41) is 0. The normalized spacial score (nSPS) is 10.8. The smallest absolute Gasteiger partial charge is 0.338 e. The monoisotopic (exact) mass is 377 g/mol. The molecule has 1 N–H and O–H groups in total. The van der Waals surface area contributed by atoms with Crippen LogP contribution in [0.1, 0.15) is 33.2 Å². The van der Waals surface area contributed by atoms with Gasteiger partial charge in [-0.2, -0.15) is 0 Å². The minimum Gasteiger partial charge on any atom is -0.465 e. The molecule has 0 atom stereocenters. The lowest BCUT2D eigenvalue weighted by Crippen LogP contribution is -2.15. The third-order valence-corrected chi connectivity index (χ3v) is 4.64. The van der Waals surface area contributed by atoms with Crippen LogP contribution in [-0.4, -0.2) is 34.1 Å². The van der Waals surface area contributed by atoms with E-state index in [1.54, 1.807) is 37.3 Å². The summed E-state index contributed by atoms with van der Waals surface area (Å²) >= 11 is 0. The number of nitrogens with one attached hydrogen (secondary N) is 1. The predicted octanol–water partition coefficient (Wildman–Crippen LogP) is 2.59. The van der Waals surface area contributed by atoms with E-state index in [0.717, 1.165) is 0 Å². The molecule has 7 nitrogen and oxygen atoms in total. The van der Waals surface area contributed by atoms with Crippen LogP contribution in [0.5, 0.6) is 0 Å². The number of benzene rings is 2. The second-order valence-electron chi connectivity index (χ2n) is 5.35. The summed E-state index contributed by atoms with van der Waals surface area (Å²) in [6.45, 7) is 1.92. The molecule has 0 aliphatic carbocycles. The van der Waals surface area contributed by atoms with Gasteiger partial charge >= 0.3 is 11.9 Å². The van der Waals surface area contributed by atoms with Crippen molar-refractivity contribution < 1.29 is 27.5 Å². The maximum atomic E-state index is 12.3. The van der Waals surface area contributed by atoms with Gasteiger partial charge in [-0.15, -0.1) is 0 Å². The van der Waals surface area contributed by atoms with E-state index < -0.39 is 22.0 Å². The van der Waals surface area contributed by atoms with E-state index >= 15 is 0 Å². The van der Waals surface area contributed by atoms with Crippen molar-refractivity contribution in [2.24, 2.45) is 0 Å². The minimum atomic E-state index is -3.70. The van der Waals surface area contributed by atoms with Gasteiger partial charge in [0.05, 0.1) is 30.6 Å². The number of hydrogen-bond donors (Lipinski definition) is 1. The summed E-state index contributed by atoms with van der Waals surface area (Å²) in [4.78, 5) is 23.1. The van der Waals surface area contributed by atoms with Crippen LogP contribution in [0, 0.1) is 0 Å². The van der Waals surface area contributed by atoms with Crippen LogP contribution in [0.15, 0.2) is 48.5 Å². The van der Waals surface area contributed by atoms with Crippen LogP contribution in [0.2, 0.25) is 0 Å².